The Morgan fingerprint density at radius 3 is 2.92 bits per heavy atom. The normalized spacial score (nSPS) is 17.4. The van der Waals surface area contributed by atoms with Crippen molar-refractivity contribution in [3.63, 3.8) is 0 Å². The van der Waals surface area contributed by atoms with Gasteiger partial charge in [-0.3, -0.25) is 9.78 Å². The maximum Gasteiger partial charge on any atom is 0.264 e. The molecular weight excluding hydrogens is 447 g/mol. The van der Waals surface area contributed by atoms with Crippen LogP contribution in [0.5, 0.6) is 0 Å². The Balaban J connectivity index is 1.60. The number of fused-ring (bicyclic) bond motifs is 1. The molecule has 0 aliphatic carbocycles. The molecule has 1 aliphatic heterocycles. The predicted octanol–water partition coefficient (Wildman–Crippen LogP) is 4.13. The Morgan fingerprint density at radius 1 is 1.16 bits per heavy atom. The molecule has 7 heteroatoms. The van der Waals surface area contributed by atoms with Crippen LogP contribution in [0, 0.1) is 3.57 Å². The average molecular weight is 458 g/mol. The molecule has 0 unspecified atom stereocenters. The second-order valence-electron chi connectivity index (χ2n) is 5.27. The quantitative estimate of drug-likeness (QED) is 0.464. The van der Waals surface area contributed by atoms with Crippen molar-refractivity contribution in [1.82, 2.24) is 15.3 Å². The van der Waals surface area contributed by atoms with E-state index in [1.54, 1.807) is 12.4 Å². The number of pyridine rings is 2. The lowest BCUT2D eigenvalue weighted by Gasteiger charge is -1.99. The molecule has 3 aromatic rings. The summed E-state index contributed by atoms with van der Waals surface area (Å²) in [6, 6.07) is 13.6. The molecular formula is C18H11IN4OS. The molecule has 4 rings (SSSR count). The third-order valence-electron chi connectivity index (χ3n) is 3.50. The zero-order valence-electron chi connectivity index (χ0n) is 12.8. The molecule has 1 N–H and O–H groups in total. The van der Waals surface area contributed by atoms with Gasteiger partial charge in [-0.2, -0.15) is 0 Å². The van der Waals surface area contributed by atoms with Crippen molar-refractivity contribution in [1.29, 1.82) is 0 Å². The number of benzene rings is 1. The zero-order valence-corrected chi connectivity index (χ0v) is 15.8. The van der Waals surface area contributed by atoms with E-state index in [1.807, 2.05) is 48.5 Å². The van der Waals surface area contributed by atoms with Gasteiger partial charge in [-0.1, -0.05) is 12.1 Å². The number of carbonyl (C=O) groups excluding carboxylic acids is 1. The maximum atomic E-state index is 12.2. The van der Waals surface area contributed by atoms with Crippen molar-refractivity contribution in [3.8, 4) is 0 Å². The summed E-state index contributed by atoms with van der Waals surface area (Å²) in [7, 11) is 0. The highest BCUT2D eigenvalue weighted by molar-refractivity contribution is 14.1. The highest BCUT2D eigenvalue weighted by atomic mass is 127. The number of hydrogen-bond donors (Lipinski definition) is 1. The average Bonchev–Trinajstić information content (AvgIpc) is 2.96. The van der Waals surface area contributed by atoms with Crippen LogP contribution in [-0.2, 0) is 4.79 Å². The van der Waals surface area contributed by atoms with Gasteiger partial charge < -0.3 is 5.32 Å². The number of rotatable bonds is 2. The SMILES string of the molecule is O=C1NC(=Nc2ccc(I)cn2)S/C1=C\c1ccc2ncccc2c1. The van der Waals surface area contributed by atoms with Crippen molar-refractivity contribution in [2.24, 2.45) is 4.99 Å². The molecule has 0 atom stereocenters. The summed E-state index contributed by atoms with van der Waals surface area (Å²) in [5, 5.41) is 4.35. The van der Waals surface area contributed by atoms with Crippen LogP contribution in [0.15, 0.2) is 64.8 Å². The van der Waals surface area contributed by atoms with Gasteiger partial charge in [-0.05, 0) is 76.3 Å². The van der Waals surface area contributed by atoms with Crippen molar-refractivity contribution in [2.45, 2.75) is 0 Å². The van der Waals surface area contributed by atoms with E-state index in [0.717, 1.165) is 20.0 Å². The number of aromatic nitrogens is 2. The van der Waals surface area contributed by atoms with Gasteiger partial charge in [0, 0.05) is 21.4 Å². The highest BCUT2D eigenvalue weighted by Gasteiger charge is 2.23. The molecule has 1 saturated heterocycles. The van der Waals surface area contributed by atoms with Gasteiger partial charge in [0.15, 0.2) is 11.0 Å². The predicted molar refractivity (Wildman–Crippen MR) is 110 cm³/mol. The third kappa shape index (κ3) is 3.72. The molecule has 1 amide bonds. The Kier molecular flexibility index (Phi) is 4.50. The summed E-state index contributed by atoms with van der Waals surface area (Å²) in [4.78, 5) is 25.7. The highest BCUT2D eigenvalue weighted by Crippen LogP contribution is 2.28. The Bertz CT molecular complexity index is 1030. The van der Waals surface area contributed by atoms with Crippen molar-refractivity contribution in [2.75, 3.05) is 0 Å². The van der Waals surface area contributed by atoms with Crippen molar-refractivity contribution >= 4 is 68.2 Å². The topological polar surface area (TPSA) is 67.2 Å². The van der Waals surface area contributed by atoms with E-state index in [0.29, 0.717) is 15.9 Å². The first-order valence-corrected chi connectivity index (χ1v) is 9.33. The molecule has 0 saturated carbocycles. The lowest BCUT2D eigenvalue weighted by molar-refractivity contribution is -0.115. The number of halogens is 1. The molecule has 2 aromatic heterocycles. The van der Waals surface area contributed by atoms with Crippen LogP contribution in [0.2, 0.25) is 0 Å². The minimum atomic E-state index is -0.152. The monoisotopic (exact) mass is 458 g/mol. The fourth-order valence-corrected chi connectivity index (χ4v) is 3.50. The first-order chi connectivity index (χ1) is 12.2. The molecule has 5 nitrogen and oxygen atoms in total. The number of thioether (sulfide) groups is 1. The van der Waals surface area contributed by atoms with E-state index < -0.39 is 0 Å². The summed E-state index contributed by atoms with van der Waals surface area (Å²) in [6.07, 6.45) is 5.36. The van der Waals surface area contributed by atoms with Crippen LogP contribution in [0.4, 0.5) is 5.82 Å². The van der Waals surface area contributed by atoms with Crippen molar-refractivity contribution in [3.05, 3.63) is 68.9 Å². The Labute approximate surface area is 161 Å². The second-order valence-corrected chi connectivity index (χ2v) is 7.55. The number of carbonyl (C=O) groups is 1. The first kappa shape index (κ1) is 16.2. The van der Waals surface area contributed by atoms with Crippen LogP contribution < -0.4 is 5.32 Å². The minimum absolute atomic E-state index is 0.152. The summed E-state index contributed by atoms with van der Waals surface area (Å²) in [5.74, 6) is 0.418. The lowest BCUT2D eigenvalue weighted by atomic mass is 10.1. The van der Waals surface area contributed by atoms with E-state index in [1.165, 1.54) is 11.8 Å². The summed E-state index contributed by atoms with van der Waals surface area (Å²) < 4.78 is 1.04. The van der Waals surface area contributed by atoms with E-state index in [2.05, 4.69) is 42.9 Å². The van der Waals surface area contributed by atoms with Gasteiger partial charge >= 0.3 is 0 Å². The summed E-state index contributed by atoms with van der Waals surface area (Å²) >= 11 is 3.50. The minimum Gasteiger partial charge on any atom is -0.300 e. The fraction of sp³-hybridized carbons (Fsp3) is 0. The van der Waals surface area contributed by atoms with Crippen LogP contribution in [0.1, 0.15) is 5.56 Å². The molecule has 0 spiro atoms. The molecule has 0 radical (unpaired) electrons. The van der Waals surface area contributed by atoms with Crippen molar-refractivity contribution < 1.29 is 4.79 Å². The number of aliphatic imine (C=N–C) groups is 1. The zero-order chi connectivity index (χ0) is 17.2. The largest absolute Gasteiger partial charge is 0.300 e. The van der Waals surface area contributed by atoms with E-state index in [4.69, 9.17) is 0 Å². The van der Waals surface area contributed by atoms with Gasteiger partial charge in [0.25, 0.3) is 5.91 Å². The Hall–Kier alpha value is -2.26. The van der Waals surface area contributed by atoms with Crippen LogP contribution >= 0.6 is 34.4 Å². The van der Waals surface area contributed by atoms with E-state index in [-0.39, 0.29) is 5.91 Å². The second kappa shape index (κ2) is 6.93. The fourth-order valence-electron chi connectivity index (χ4n) is 2.35. The molecule has 1 aromatic carbocycles. The first-order valence-electron chi connectivity index (χ1n) is 7.43. The molecule has 0 bridgehead atoms. The van der Waals surface area contributed by atoms with Gasteiger partial charge in [0.1, 0.15) is 0 Å². The number of hydrogen-bond acceptors (Lipinski definition) is 5. The number of nitrogens with zero attached hydrogens (tertiary/aromatic N) is 3. The number of nitrogens with one attached hydrogen (secondary N) is 1. The third-order valence-corrected chi connectivity index (χ3v) is 5.05. The molecule has 1 aliphatic rings. The molecule has 3 heterocycles. The van der Waals surface area contributed by atoms with Crippen LogP contribution in [0.3, 0.4) is 0 Å². The number of amidine groups is 1. The van der Waals surface area contributed by atoms with Gasteiger partial charge in [0.05, 0.1) is 10.4 Å². The van der Waals surface area contributed by atoms with Crippen LogP contribution in [0.25, 0.3) is 17.0 Å². The number of amides is 1. The maximum absolute atomic E-state index is 12.2. The van der Waals surface area contributed by atoms with Gasteiger partial charge in [-0.15, -0.1) is 0 Å². The van der Waals surface area contributed by atoms with E-state index >= 15 is 0 Å². The lowest BCUT2D eigenvalue weighted by Crippen LogP contribution is -2.19. The molecule has 122 valence electrons. The molecule has 25 heavy (non-hydrogen) atoms. The molecule has 1 fully saturated rings. The van der Waals surface area contributed by atoms with Gasteiger partial charge in [-0.25, -0.2) is 9.98 Å². The van der Waals surface area contributed by atoms with E-state index in [9.17, 15) is 4.79 Å². The van der Waals surface area contributed by atoms with Gasteiger partial charge in [0.2, 0.25) is 0 Å². The summed E-state index contributed by atoms with van der Waals surface area (Å²) in [6.45, 7) is 0. The standard InChI is InChI=1S/C18H11IN4OS/c19-13-4-6-16(21-10-13)22-18-23-17(24)15(25-18)9-11-3-5-14-12(8-11)2-1-7-20-14/h1-10H,(H,21,22,23,24)/b15-9-. The van der Waals surface area contributed by atoms with Crippen LogP contribution in [-0.4, -0.2) is 21.0 Å². The smallest absolute Gasteiger partial charge is 0.264 e. The Morgan fingerprint density at radius 2 is 2.08 bits per heavy atom. The summed E-state index contributed by atoms with van der Waals surface area (Å²) in [5.41, 5.74) is 1.88.